The second-order valence-electron chi connectivity index (χ2n) is 11.3. The van der Waals surface area contributed by atoms with Crippen molar-refractivity contribution in [3.05, 3.63) is 30.1 Å². The Kier molecular flexibility index (Phi) is 15.5. The van der Waals surface area contributed by atoms with Gasteiger partial charge in [-0.3, -0.25) is 9.59 Å². The van der Waals surface area contributed by atoms with E-state index >= 15 is 0 Å². The fourth-order valence-electron chi connectivity index (χ4n) is 4.32. The molecule has 47 heavy (non-hydrogen) atoms. The van der Waals surface area contributed by atoms with Crippen molar-refractivity contribution in [3.63, 3.8) is 0 Å². The summed E-state index contributed by atoms with van der Waals surface area (Å²) in [6, 6.07) is 7.75. The first-order valence-corrected chi connectivity index (χ1v) is 15.5. The normalized spacial score (nSPS) is 11.6. The van der Waals surface area contributed by atoms with Crippen molar-refractivity contribution in [3.8, 4) is 0 Å². The molecular formula is C31H47N7O9. The molecule has 0 saturated heterocycles. The van der Waals surface area contributed by atoms with Crippen LogP contribution in [0.3, 0.4) is 0 Å². The van der Waals surface area contributed by atoms with Gasteiger partial charge in [0.05, 0.1) is 24.2 Å². The third kappa shape index (κ3) is 13.3. The molecule has 5 N–H and O–H groups in total. The quantitative estimate of drug-likeness (QED) is 0.0955. The molecule has 0 aliphatic heterocycles. The van der Waals surface area contributed by atoms with Crippen molar-refractivity contribution in [1.29, 1.82) is 0 Å². The summed E-state index contributed by atoms with van der Waals surface area (Å²) in [6.07, 6.45) is 0.105. The number of rotatable bonds is 21. The summed E-state index contributed by atoms with van der Waals surface area (Å²) in [4.78, 5) is 44.9. The fraction of sp³-hybridized carbons (Fsp3) is 0.581. The van der Waals surface area contributed by atoms with Crippen LogP contribution in [-0.4, -0.2) is 104 Å². The molecule has 2 heterocycles. The largest absolute Gasteiger partial charge is 0.444 e. The Hall–Kier alpha value is -4.09. The molecule has 3 rings (SSSR count). The van der Waals surface area contributed by atoms with E-state index < -0.39 is 11.7 Å². The highest BCUT2D eigenvalue weighted by atomic mass is 16.7. The first-order chi connectivity index (χ1) is 22.6. The van der Waals surface area contributed by atoms with E-state index in [1.807, 2.05) is 31.2 Å². The van der Waals surface area contributed by atoms with Crippen molar-refractivity contribution in [1.82, 2.24) is 30.5 Å². The first kappa shape index (κ1) is 37.4. The van der Waals surface area contributed by atoms with E-state index in [0.717, 1.165) is 22.2 Å². The zero-order valence-electron chi connectivity index (χ0n) is 27.6. The molecule has 3 aromatic rings. The van der Waals surface area contributed by atoms with E-state index in [9.17, 15) is 14.4 Å². The molecule has 0 aliphatic carbocycles. The number of benzene rings is 1. The molecule has 0 spiro atoms. The third-order valence-corrected chi connectivity index (χ3v) is 6.29. The van der Waals surface area contributed by atoms with Crippen molar-refractivity contribution < 1.29 is 42.8 Å². The van der Waals surface area contributed by atoms with Gasteiger partial charge in [0.15, 0.2) is 5.82 Å². The highest BCUT2D eigenvalue weighted by molar-refractivity contribution is 6.06. The highest BCUT2D eigenvalue weighted by Gasteiger charge is 2.18. The molecule has 0 bridgehead atoms. The Labute approximate surface area is 273 Å². The maximum atomic E-state index is 12.2. The number of nitrogen functional groups attached to an aromatic ring is 1. The number of anilines is 1. The number of aromatic nitrogens is 3. The molecule has 0 fully saturated rings. The monoisotopic (exact) mass is 661 g/mol. The van der Waals surface area contributed by atoms with Crippen LogP contribution in [0.15, 0.2) is 24.3 Å². The number of alkyl carbamates (subject to hydrolysis) is 1. The van der Waals surface area contributed by atoms with Crippen molar-refractivity contribution in [2.24, 2.45) is 0 Å². The molecular weight excluding hydrogens is 614 g/mol. The summed E-state index contributed by atoms with van der Waals surface area (Å²) < 4.78 is 33.7. The van der Waals surface area contributed by atoms with Crippen LogP contribution in [0.2, 0.25) is 0 Å². The lowest BCUT2D eigenvalue weighted by atomic mass is 10.2. The van der Waals surface area contributed by atoms with Crippen LogP contribution in [0.4, 0.5) is 10.6 Å². The summed E-state index contributed by atoms with van der Waals surface area (Å²) in [5.74, 6) is 0.389. The Bertz CT molecular complexity index is 1440. The lowest BCUT2D eigenvalue weighted by Crippen LogP contribution is -2.34. The Morgan fingerprint density at radius 3 is 2.19 bits per heavy atom. The number of fused-ring (bicyclic) bond motifs is 3. The predicted molar refractivity (Wildman–Crippen MR) is 173 cm³/mol. The number of ether oxygens (including phenoxy) is 6. The number of aryl methyl sites for hydroxylation is 1. The summed E-state index contributed by atoms with van der Waals surface area (Å²) in [7, 11) is 0. The van der Waals surface area contributed by atoms with E-state index in [4.69, 9.17) is 39.1 Å². The molecule has 3 amide bonds. The number of hydrogen-bond acceptors (Lipinski definition) is 12. The molecule has 0 radical (unpaired) electrons. The second kappa shape index (κ2) is 19.5. The number of carbonyl (C=O) groups is 3. The second-order valence-corrected chi connectivity index (χ2v) is 11.3. The van der Waals surface area contributed by atoms with Gasteiger partial charge in [-0.05, 0) is 40.2 Å². The average Bonchev–Trinajstić information content (AvgIpc) is 3.39. The first-order valence-electron chi connectivity index (χ1n) is 15.5. The summed E-state index contributed by atoms with van der Waals surface area (Å²) in [5, 5.41) is 8.95. The number of nitrogens with one attached hydrogen (secondary N) is 3. The maximum Gasteiger partial charge on any atom is 0.407 e. The van der Waals surface area contributed by atoms with Gasteiger partial charge in [-0.25, -0.2) is 14.8 Å². The number of para-hydroxylation sites is 1. The minimum Gasteiger partial charge on any atom is -0.444 e. The predicted octanol–water partition coefficient (Wildman–Crippen LogP) is 1.83. The smallest absolute Gasteiger partial charge is 0.407 e. The number of carbonyl (C=O) groups excluding carboxylic acids is 3. The van der Waals surface area contributed by atoms with Crippen molar-refractivity contribution in [2.45, 2.75) is 52.9 Å². The average molecular weight is 662 g/mol. The van der Waals surface area contributed by atoms with Gasteiger partial charge in [-0.15, -0.1) is 0 Å². The molecule has 260 valence electrons. The van der Waals surface area contributed by atoms with Gasteiger partial charge < -0.3 is 54.7 Å². The SMILES string of the molecule is CCOCc1nc2c(N)nc3ccccc3c2n1CCCNC(=O)COCC(=O)NCCOCOCOCCNC(=O)OC(C)(C)C. The fourth-order valence-corrected chi connectivity index (χ4v) is 4.32. The van der Waals surface area contributed by atoms with E-state index in [-0.39, 0.29) is 64.9 Å². The molecule has 0 unspecified atom stereocenters. The maximum absolute atomic E-state index is 12.2. The van der Waals surface area contributed by atoms with E-state index in [1.165, 1.54) is 0 Å². The Balaban J connectivity index is 1.24. The number of pyridine rings is 1. The van der Waals surface area contributed by atoms with Gasteiger partial charge in [0, 0.05) is 38.2 Å². The zero-order chi connectivity index (χ0) is 34.1. The third-order valence-electron chi connectivity index (χ3n) is 6.29. The van der Waals surface area contributed by atoms with Crippen LogP contribution in [0.5, 0.6) is 0 Å². The summed E-state index contributed by atoms with van der Waals surface area (Å²) in [6.45, 7) is 9.53. The lowest BCUT2D eigenvalue weighted by molar-refractivity contribution is -0.134. The van der Waals surface area contributed by atoms with E-state index in [0.29, 0.717) is 44.1 Å². The number of nitrogens with zero attached hydrogens (tertiary/aromatic N) is 3. The standard InChI is InChI=1S/C31H47N7O9/c1-5-42-17-24-37-27-28(22-9-6-7-10-23(22)36-29(27)32)38(24)14-8-11-33-25(39)18-45-19-26(40)34-12-15-43-20-46-21-44-16-13-35-30(41)47-31(2,3)4/h6-7,9-10H,5,8,11-21H2,1-4H3,(H2,32,36)(H,33,39)(H,34,40)(H,35,41). The van der Waals surface area contributed by atoms with Crippen molar-refractivity contribution in [2.75, 3.05) is 72.0 Å². The molecule has 16 heteroatoms. The van der Waals surface area contributed by atoms with Crippen molar-refractivity contribution >= 4 is 45.7 Å². The van der Waals surface area contributed by atoms with Crippen LogP contribution < -0.4 is 21.7 Å². The summed E-state index contributed by atoms with van der Waals surface area (Å²) >= 11 is 0. The molecule has 0 aliphatic rings. The van der Waals surface area contributed by atoms with Gasteiger partial charge in [-0.2, -0.15) is 0 Å². The van der Waals surface area contributed by atoms with Gasteiger partial charge >= 0.3 is 6.09 Å². The zero-order valence-corrected chi connectivity index (χ0v) is 27.6. The number of amides is 3. The van der Waals surface area contributed by atoms with Gasteiger partial charge in [0.25, 0.3) is 0 Å². The van der Waals surface area contributed by atoms with E-state index in [2.05, 4.69) is 25.5 Å². The van der Waals surface area contributed by atoms with Gasteiger partial charge in [-0.1, -0.05) is 18.2 Å². The highest BCUT2D eigenvalue weighted by Crippen LogP contribution is 2.29. The molecule has 0 atom stereocenters. The van der Waals surface area contributed by atoms with Crippen LogP contribution in [0.1, 0.15) is 39.9 Å². The van der Waals surface area contributed by atoms with Crippen LogP contribution in [0.25, 0.3) is 21.9 Å². The van der Waals surface area contributed by atoms with Gasteiger partial charge in [0.2, 0.25) is 11.8 Å². The van der Waals surface area contributed by atoms with E-state index in [1.54, 1.807) is 20.8 Å². The minimum atomic E-state index is -0.560. The summed E-state index contributed by atoms with van der Waals surface area (Å²) in [5.41, 5.74) is 7.96. The van der Waals surface area contributed by atoms with Crippen LogP contribution in [0, 0.1) is 0 Å². The van der Waals surface area contributed by atoms with Gasteiger partial charge in [0.1, 0.15) is 50.3 Å². The number of nitrogens with two attached hydrogens (primary N) is 1. The molecule has 1 aromatic carbocycles. The molecule has 16 nitrogen and oxygen atoms in total. The topological polar surface area (TPSA) is 199 Å². The number of imidazole rings is 1. The molecule has 0 saturated carbocycles. The minimum absolute atomic E-state index is 0.0162. The Morgan fingerprint density at radius 2 is 1.51 bits per heavy atom. The van der Waals surface area contributed by atoms with Crippen LogP contribution in [-0.2, 0) is 51.2 Å². The molecule has 2 aromatic heterocycles. The number of hydrogen-bond donors (Lipinski definition) is 4. The Morgan fingerprint density at radius 1 is 0.851 bits per heavy atom. The van der Waals surface area contributed by atoms with Crippen LogP contribution >= 0.6 is 0 Å². The lowest BCUT2D eigenvalue weighted by Gasteiger charge is -2.19.